The molecular weight excluding hydrogens is 324 g/mol. The quantitative estimate of drug-likeness (QED) is 0.648. The van der Waals surface area contributed by atoms with Crippen molar-refractivity contribution in [3.05, 3.63) is 68.7 Å². The Labute approximate surface area is 127 Å². The number of hydrogen-bond acceptors (Lipinski definition) is 2. The lowest BCUT2D eigenvalue weighted by Gasteiger charge is -2.18. The van der Waals surface area contributed by atoms with Crippen LogP contribution in [0.1, 0.15) is 22.7 Å². The summed E-state index contributed by atoms with van der Waals surface area (Å²) in [6, 6.07) is 14.2. The lowest BCUT2D eigenvalue weighted by molar-refractivity contribution is 0.549. The zero-order chi connectivity index (χ0) is 13.8. The molecule has 1 atom stereocenters. The minimum absolute atomic E-state index is 0.0652. The van der Waals surface area contributed by atoms with E-state index >= 15 is 0 Å². The molecule has 0 saturated carbocycles. The van der Waals surface area contributed by atoms with Crippen LogP contribution >= 0.6 is 27.5 Å². The van der Waals surface area contributed by atoms with Crippen LogP contribution < -0.4 is 11.3 Å². The van der Waals surface area contributed by atoms with Gasteiger partial charge >= 0.3 is 0 Å². The monoisotopic (exact) mass is 338 g/mol. The molecule has 2 aromatic carbocycles. The number of benzene rings is 2. The molecule has 0 spiro atoms. The molecule has 100 valence electrons. The van der Waals surface area contributed by atoms with Gasteiger partial charge in [0.2, 0.25) is 0 Å². The first-order chi connectivity index (χ1) is 9.10. The van der Waals surface area contributed by atoms with Gasteiger partial charge in [-0.25, -0.2) is 0 Å². The Morgan fingerprint density at radius 2 is 1.89 bits per heavy atom. The molecule has 4 heteroatoms. The number of hydrazine groups is 1. The third-order valence-corrected chi connectivity index (χ3v) is 4.06. The van der Waals surface area contributed by atoms with E-state index in [-0.39, 0.29) is 6.04 Å². The van der Waals surface area contributed by atoms with Gasteiger partial charge in [-0.15, -0.1) is 0 Å². The highest BCUT2D eigenvalue weighted by Gasteiger charge is 2.14. The van der Waals surface area contributed by atoms with Crippen LogP contribution in [-0.4, -0.2) is 0 Å². The highest BCUT2D eigenvalue weighted by Crippen LogP contribution is 2.27. The molecular formula is C15H16BrClN2. The maximum absolute atomic E-state index is 5.90. The molecule has 0 fully saturated rings. The molecule has 0 amide bonds. The molecule has 0 aliphatic carbocycles. The first kappa shape index (κ1) is 14.5. The van der Waals surface area contributed by atoms with Gasteiger partial charge in [0.1, 0.15) is 0 Å². The first-order valence-corrected chi connectivity index (χ1v) is 7.24. The zero-order valence-corrected chi connectivity index (χ0v) is 13.0. The van der Waals surface area contributed by atoms with Crippen molar-refractivity contribution in [3.63, 3.8) is 0 Å². The summed E-state index contributed by atoms with van der Waals surface area (Å²) in [4.78, 5) is 0. The summed E-state index contributed by atoms with van der Waals surface area (Å²) in [5, 5.41) is 0.748. The number of hydrogen-bond donors (Lipinski definition) is 2. The second-order valence-electron chi connectivity index (χ2n) is 4.57. The molecule has 0 aliphatic heterocycles. The fourth-order valence-electron chi connectivity index (χ4n) is 2.05. The van der Waals surface area contributed by atoms with Crippen molar-refractivity contribution in [2.75, 3.05) is 0 Å². The summed E-state index contributed by atoms with van der Waals surface area (Å²) in [6.07, 6.45) is 0.815. The van der Waals surface area contributed by atoms with Crippen molar-refractivity contribution in [3.8, 4) is 0 Å². The lowest BCUT2D eigenvalue weighted by atomic mass is 9.98. The van der Waals surface area contributed by atoms with Gasteiger partial charge in [0, 0.05) is 9.50 Å². The van der Waals surface area contributed by atoms with E-state index in [9.17, 15) is 0 Å². The van der Waals surface area contributed by atoms with Gasteiger partial charge in [0.05, 0.1) is 6.04 Å². The van der Waals surface area contributed by atoms with E-state index in [1.807, 2.05) is 24.3 Å². The molecule has 3 N–H and O–H groups in total. The van der Waals surface area contributed by atoms with Gasteiger partial charge in [-0.3, -0.25) is 11.3 Å². The molecule has 0 aromatic heterocycles. The Morgan fingerprint density at radius 1 is 1.21 bits per heavy atom. The first-order valence-electron chi connectivity index (χ1n) is 6.07. The Kier molecular flexibility index (Phi) is 4.99. The fraction of sp³-hybridized carbons (Fsp3) is 0.200. The van der Waals surface area contributed by atoms with Gasteiger partial charge in [-0.1, -0.05) is 57.4 Å². The van der Waals surface area contributed by atoms with Gasteiger partial charge in [0.15, 0.2) is 0 Å². The fourth-order valence-corrected chi connectivity index (χ4v) is 2.69. The molecule has 0 heterocycles. The summed E-state index contributed by atoms with van der Waals surface area (Å²) < 4.78 is 1.06. The Hall–Kier alpha value is -0.870. The standard InChI is InChI=1S/C15H16BrClN2/c1-10-2-7-14(16)13(8-10)15(19-18)9-11-3-5-12(17)6-4-11/h2-8,15,19H,9,18H2,1H3. The minimum Gasteiger partial charge on any atom is -0.271 e. The molecule has 0 saturated heterocycles. The topological polar surface area (TPSA) is 38.0 Å². The van der Waals surface area contributed by atoms with Crippen molar-refractivity contribution in [1.29, 1.82) is 0 Å². The minimum atomic E-state index is 0.0652. The van der Waals surface area contributed by atoms with E-state index in [0.29, 0.717) is 0 Å². The van der Waals surface area contributed by atoms with Crippen molar-refractivity contribution in [1.82, 2.24) is 5.43 Å². The van der Waals surface area contributed by atoms with Crippen LogP contribution in [0.4, 0.5) is 0 Å². The van der Waals surface area contributed by atoms with Crippen LogP contribution in [0.3, 0.4) is 0 Å². The number of halogens is 2. The molecule has 0 bridgehead atoms. The van der Waals surface area contributed by atoms with Crippen LogP contribution in [0.25, 0.3) is 0 Å². The molecule has 2 rings (SSSR count). The number of nitrogens with two attached hydrogens (primary N) is 1. The third kappa shape index (κ3) is 3.80. The van der Waals surface area contributed by atoms with Crippen LogP contribution in [0, 0.1) is 6.92 Å². The molecule has 2 nitrogen and oxygen atoms in total. The van der Waals surface area contributed by atoms with Crippen molar-refractivity contribution < 1.29 is 0 Å². The van der Waals surface area contributed by atoms with Gasteiger partial charge in [0.25, 0.3) is 0 Å². The van der Waals surface area contributed by atoms with Gasteiger partial charge in [-0.2, -0.15) is 0 Å². The summed E-state index contributed by atoms with van der Waals surface area (Å²) in [6.45, 7) is 2.08. The predicted molar refractivity (Wildman–Crippen MR) is 84.1 cm³/mol. The second kappa shape index (κ2) is 6.53. The van der Waals surface area contributed by atoms with Crippen molar-refractivity contribution in [2.24, 2.45) is 5.84 Å². The Morgan fingerprint density at radius 3 is 2.53 bits per heavy atom. The van der Waals surface area contributed by atoms with E-state index in [0.717, 1.165) is 21.5 Å². The van der Waals surface area contributed by atoms with E-state index in [1.54, 1.807) is 0 Å². The van der Waals surface area contributed by atoms with Crippen LogP contribution in [0.5, 0.6) is 0 Å². The second-order valence-corrected chi connectivity index (χ2v) is 5.87. The largest absolute Gasteiger partial charge is 0.271 e. The summed E-state index contributed by atoms with van der Waals surface area (Å²) in [7, 11) is 0. The third-order valence-electron chi connectivity index (χ3n) is 3.08. The Balaban J connectivity index is 2.24. The number of aryl methyl sites for hydroxylation is 1. The van der Waals surface area contributed by atoms with Crippen molar-refractivity contribution in [2.45, 2.75) is 19.4 Å². The van der Waals surface area contributed by atoms with E-state index in [1.165, 1.54) is 11.1 Å². The predicted octanol–water partition coefficient (Wildman–Crippen LogP) is 4.16. The van der Waals surface area contributed by atoms with Gasteiger partial charge in [-0.05, 0) is 42.7 Å². The maximum Gasteiger partial charge on any atom is 0.0511 e. The molecule has 19 heavy (non-hydrogen) atoms. The molecule has 2 aromatic rings. The summed E-state index contributed by atoms with van der Waals surface area (Å²) in [5.74, 6) is 5.70. The van der Waals surface area contributed by atoms with E-state index in [2.05, 4.69) is 46.5 Å². The zero-order valence-electron chi connectivity index (χ0n) is 10.7. The van der Waals surface area contributed by atoms with E-state index < -0.39 is 0 Å². The normalized spacial score (nSPS) is 12.4. The average molecular weight is 340 g/mol. The van der Waals surface area contributed by atoms with Crippen LogP contribution in [0.2, 0.25) is 5.02 Å². The summed E-state index contributed by atoms with van der Waals surface area (Å²) in [5.41, 5.74) is 6.46. The Bertz CT molecular complexity index is 555. The highest BCUT2D eigenvalue weighted by molar-refractivity contribution is 9.10. The van der Waals surface area contributed by atoms with Crippen LogP contribution in [0.15, 0.2) is 46.9 Å². The highest BCUT2D eigenvalue weighted by atomic mass is 79.9. The molecule has 0 radical (unpaired) electrons. The maximum atomic E-state index is 5.90. The lowest BCUT2D eigenvalue weighted by Crippen LogP contribution is -2.29. The average Bonchev–Trinajstić information content (AvgIpc) is 2.41. The SMILES string of the molecule is Cc1ccc(Br)c(C(Cc2ccc(Cl)cc2)NN)c1. The molecule has 1 unspecified atom stereocenters. The number of rotatable bonds is 4. The van der Waals surface area contributed by atoms with Crippen LogP contribution in [-0.2, 0) is 6.42 Å². The molecule has 0 aliphatic rings. The van der Waals surface area contributed by atoms with Crippen molar-refractivity contribution >= 4 is 27.5 Å². The number of nitrogens with one attached hydrogen (secondary N) is 1. The van der Waals surface area contributed by atoms with E-state index in [4.69, 9.17) is 17.4 Å². The van der Waals surface area contributed by atoms with Gasteiger partial charge < -0.3 is 0 Å². The smallest absolute Gasteiger partial charge is 0.0511 e. The summed E-state index contributed by atoms with van der Waals surface area (Å²) >= 11 is 9.48.